The van der Waals surface area contributed by atoms with Gasteiger partial charge in [0.25, 0.3) is 0 Å². The molecule has 0 spiro atoms. The van der Waals surface area contributed by atoms with Crippen LogP contribution in [0.25, 0.3) is 16.9 Å². The number of hydrogen-bond donors (Lipinski definition) is 2. The summed E-state index contributed by atoms with van der Waals surface area (Å²) < 4.78 is 1.93. The maximum absolute atomic E-state index is 8.76. The fourth-order valence-electron chi connectivity index (χ4n) is 2.19. The number of para-hydroxylation sites is 2. The van der Waals surface area contributed by atoms with Gasteiger partial charge >= 0.3 is 0 Å². The second-order valence-electron chi connectivity index (χ2n) is 4.37. The van der Waals surface area contributed by atoms with Gasteiger partial charge in [-0.15, -0.1) is 0 Å². The van der Waals surface area contributed by atoms with Gasteiger partial charge < -0.3 is 10.9 Å². The fourth-order valence-corrected chi connectivity index (χ4v) is 2.19. The largest absolute Gasteiger partial charge is 0.409 e. The zero-order valence-corrected chi connectivity index (χ0v) is 10.9. The molecule has 3 N–H and O–H groups in total. The van der Waals surface area contributed by atoms with E-state index in [1.165, 1.54) is 0 Å². The molecule has 0 bridgehead atoms. The number of aryl methyl sites for hydroxylation is 1. The summed E-state index contributed by atoms with van der Waals surface area (Å²) in [7, 11) is 0. The second kappa shape index (κ2) is 4.65. The molecule has 20 heavy (non-hydrogen) atoms. The highest BCUT2D eigenvalue weighted by Gasteiger charge is 2.10. The van der Waals surface area contributed by atoms with Crippen molar-refractivity contribution in [3.8, 4) is 5.82 Å². The first-order valence-electron chi connectivity index (χ1n) is 6.09. The number of aromatic nitrogens is 3. The number of amidine groups is 1. The molecule has 0 saturated carbocycles. The Morgan fingerprint density at radius 2 is 2.10 bits per heavy atom. The van der Waals surface area contributed by atoms with E-state index in [9.17, 15) is 0 Å². The van der Waals surface area contributed by atoms with Crippen molar-refractivity contribution in [2.75, 3.05) is 0 Å². The lowest BCUT2D eigenvalue weighted by Crippen LogP contribution is -2.14. The lowest BCUT2D eigenvalue weighted by atomic mass is 10.2. The molecule has 3 aromatic rings. The van der Waals surface area contributed by atoms with Gasteiger partial charge in [-0.1, -0.05) is 17.3 Å². The van der Waals surface area contributed by atoms with Gasteiger partial charge in [-0.3, -0.25) is 4.57 Å². The topological polar surface area (TPSA) is 89.3 Å². The van der Waals surface area contributed by atoms with E-state index in [1.807, 2.05) is 35.8 Å². The van der Waals surface area contributed by atoms with Gasteiger partial charge in [0.1, 0.15) is 11.6 Å². The summed E-state index contributed by atoms with van der Waals surface area (Å²) in [5, 5.41) is 11.8. The Morgan fingerprint density at radius 1 is 1.30 bits per heavy atom. The molecule has 100 valence electrons. The van der Waals surface area contributed by atoms with Crippen LogP contribution in [0, 0.1) is 6.92 Å². The summed E-state index contributed by atoms with van der Waals surface area (Å²) in [6.07, 6.45) is 1.62. The summed E-state index contributed by atoms with van der Waals surface area (Å²) in [6.45, 7) is 1.91. The van der Waals surface area contributed by atoms with Gasteiger partial charge in [0, 0.05) is 11.8 Å². The lowest BCUT2D eigenvalue weighted by Gasteiger charge is -2.07. The smallest absolute Gasteiger partial charge is 0.170 e. The Kier molecular flexibility index (Phi) is 2.83. The van der Waals surface area contributed by atoms with Crippen molar-refractivity contribution >= 4 is 16.9 Å². The van der Waals surface area contributed by atoms with Crippen LogP contribution in [-0.4, -0.2) is 25.6 Å². The van der Waals surface area contributed by atoms with Gasteiger partial charge in [0.15, 0.2) is 5.84 Å². The third-order valence-corrected chi connectivity index (χ3v) is 3.11. The molecule has 0 radical (unpaired) electrons. The number of benzene rings is 1. The van der Waals surface area contributed by atoms with Crippen molar-refractivity contribution in [2.24, 2.45) is 10.9 Å². The molecule has 1 aromatic carbocycles. The Morgan fingerprint density at radius 3 is 2.90 bits per heavy atom. The zero-order valence-electron chi connectivity index (χ0n) is 10.9. The maximum Gasteiger partial charge on any atom is 0.170 e. The third kappa shape index (κ3) is 1.87. The first kappa shape index (κ1) is 12.2. The van der Waals surface area contributed by atoms with Crippen LogP contribution in [0.5, 0.6) is 0 Å². The van der Waals surface area contributed by atoms with E-state index in [-0.39, 0.29) is 5.84 Å². The molecule has 0 amide bonds. The van der Waals surface area contributed by atoms with Gasteiger partial charge in [-0.25, -0.2) is 9.97 Å². The van der Waals surface area contributed by atoms with E-state index in [4.69, 9.17) is 10.9 Å². The minimum atomic E-state index is 0.0516. The van der Waals surface area contributed by atoms with Crippen LogP contribution in [0.15, 0.2) is 47.8 Å². The van der Waals surface area contributed by atoms with Crippen LogP contribution in [0.2, 0.25) is 0 Å². The van der Waals surface area contributed by atoms with E-state index in [2.05, 4.69) is 15.1 Å². The SMILES string of the molecule is Cc1nc2ccccc2n1-c1cc(/C(N)=N/O)ccn1. The minimum absolute atomic E-state index is 0.0516. The minimum Gasteiger partial charge on any atom is -0.409 e. The highest BCUT2D eigenvalue weighted by atomic mass is 16.4. The van der Waals surface area contributed by atoms with Crippen molar-refractivity contribution in [3.05, 3.63) is 54.0 Å². The highest BCUT2D eigenvalue weighted by Crippen LogP contribution is 2.20. The number of rotatable bonds is 2. The molecule has 0 unspecified atom stereocenters. The predicted octanol–water partition coefficient (Wildman–Crippen LogP) is 1.82. The number of fused-ring (bicyclic) bond motifs is 1. The first-order chi connectivity index (χ1) is 9.70. The number of nitrogens with zero attached hydrogens (tertiary/aromatic N) is 4. The third-order valence-electron chi connectivity index (χ3n) is 3.11. The predicted molar refractivity (Wildman–Crippen MR) is 76.1 cm³/mol. The number of oxime groups is 1. The van der Waals surface area contributed by atoms with E-state index >= 15 is 0 Å². The Balaban J connectivity index is 2.23. The van der Waals surface area contributed by atoms with E-state index in [0.717, 1.165) is 16.9 Å². The molecule has 6 nitrogen and oxygen atoms in total. The second-order valence-corrected chi connectivity index (χ2v) is 4.37. The molecule has 0 aliphatic carbocycles. The lowest BCUT2D eigenvalue weighted by molar-refractivity contribution is 0.318. The summed E-state index contributed by atoms with van der Waals surface area (Å²) in [4.78, 5) is 8.84. The van der Waals surface area contributed by atoms with Crippen LogP contribution in [-0.2, 0) is 0 Å². The van der Waals surface area contributed by atoms with Crippen molar-refractivity contribution < 1.29 is 5.21 Å². The standard InChI is InChI=1S/C14H13N5O/c1-9-17-11-4-2-3-5-12(11)19(9)13-8-10(6-7-16-13)14(15)18-20/h2-8,20H,1H3,(H2,15,18). The molecule has 0 atom stereocenters. The average Bonchev–Trinajstić information content (AvgIpc) is 2.82. The molecule has 0 fully saturated rings. The Bertz CT molecular complexity index is 806. The number of nitrogens with two attached hydrogens (primary N) is 1. The summed E-state index contributed by atoms with van der Waals surface area (Å²) >= 11 is 0. The van der Waals surface area contributed by atoms with Crippen LogP contribution in [0.1, 0.15) is 11.4 Å². The van der Waals surface area contributed by atoms with Gasteiger partial charge in [0.2, 0.25) is 0 Å². The van der Waals surface area contributed by atoms with Crippen LogP contribution in [0.4, 0.5) is 0 Å². The van der Waals surface area contributed by atoms with Crippen LogP contribution >= 0.6 is 0 Å². The first-order valence-corrected chi connectivity index (χ1v) is 6.09. The number of hydrogen-bond acceptors (Lipinski definition) is 4. The van der Waals surface area contributed by atoms with Crippen molar-refractivity contribution in [3.63, 3.8) is 0 Å². The zero-order chi connectivity index (χ0) is 14.1. The maximum atomic E-state index is 8.76. The van der Waals surface area contributed by atoms with Gasteiger partial charge in [-0.2, -0.15) is 0 Å². The summed E-state index contributed by atoms with van der Waals surface area (Å²) in [5.41, 5.74) is 8.09. The van der Waals surface area contributed by atoms with Crippen molar-refractivity contribution in [1.82, 2.24) is 14.5 Å². The molecule has 6 heteroatoms. The number of imidazole rings is 1. The number of pyridine rings is 1. The highest BCUT2D eigenvalue weighted by molar-refractivity contribution is 5.97. The van der Waals surface area contributed by atoms with Gasteiger partial charge in [-0.05, 0) is 31.2 Å². The quantitative estimate of drug-likeness (QED) is 0.321. The van der Waals surface area contributed by atoms with Crippen LogP contribution < -0.4 is 5.73 Å². The van der Waals surface area contributed by atoms with Crippen LogP contribution in [0.3, 0.4) is 0 Å². The Labute approximate surface area is 115 Å². The van der Waals surface area contributed by atoms with E-state index in [1.54, 1.807) is 18.3 Å². The Hall–Kier alpha value is -2.89. The van der Waals surface area contributed by atoms with Crippen molar-refractivity contribution in [2.45, 2.75) is 6.92 Å². The molecule has 0 aliphatic rings. The van der Waals surface area contributed by atoms with E-state index < -0.39 is 0 Å². The molecule has 2 heterocycles. The molecule has 0 saturated heterocycles. The van der Waals surface area contributed by atoms with Gasteiger partial charge in [0.05, 0.1) is 11.0 Å². The molecular weight excluding hydrogens is 254 g/mol. The summed E-state index contributed by atoms with van der Waals surface area (Å²) in [6, 6.07) is 11.3. The molecule has 2 aromatic heterocycles. The fraction of sp³-hybridized carbons (Fsp3) is 0.0714. The average molecular weight is 267 g/mol. The molecular formula is C14H13N5O. The normalized spacial score (nSPS) is 11.9. The molecule has 3 rings (SSSR count). The van der Waals surface area contributed by atoms with Crippen molar-refractivity contribution in [1.29, 1.82) is 0 Å². The summed E-state index contributed by atoms with van der Waals surface area (Å²) in [5.74, 6) is 1.56. The van der Waals surface area contributed by atoms with E-state index in [0.29, 0.717) is 11.4 Å². The monoisotopic (exact) mass is 267 g/mol. The molecule has 0 aliphatic heterocycles.